The molecule has 1 aromatic carbocycles. The van der Waals surface area contributed by atoms with E-state index in [2.05, 4.69) is 42.3 Å². The normalized spacial score (nSPS) is 16.4. The van der Waals surface area contributed by atoms with E-state index in [1.54, 1.807) is 5.54 Å². The fraction of sp³-hybridized carbons (Fsp3) is 0.529. The largest absolute Gasteiger partial charge is 0.368 e. The number of aryl methyl sites for hydroxylation is 1. The van der Waals surface area contributed by atoms with Crippen molar-refractivity contribution < 1.29 is 0 Å². The van der Waals surface area contributed by atoms with Gasteiger partial charge in [-0.15, -0.1) is 0 Å². The molecule has 0 spiro atoms. The second-order valence-electron chi connectivity index (χ2n) is 5.48. The molecular formula is C17H25ClN2. The van der Waals surface area contributed by atoms with E-state index < -0.39 is 0 Å². The summed E-state index contributed by atoms with van der Waals surface area (Å²) in [6.45, 7) is 7.55. The van der Waals surface area contributed by atoms with E-state index in [0.717, 1.165) is 19.6 Å². The van der Waals surface area contributed by atoms with Crippen molar-refractivity contribution in [3.05, 3.63) is 40.9 Å². The second-order valence-corrected chi connectivity index (χ2v) is 5.73. The molecule has 1 aliphatic rings. The van der Waals surface area contributed by atoms with E-state index in [0.29, 0.717) is 6.04 Å². The summed E-state index contributed by atoms with van der Waals surface area (Å²) < 4.78 is 0. The quantitative estimate of drug-likeness (QED) is 0.843. The summed E-state index contributed by atoms with van der Waals surface area (Å²) in [6.07, 6.45) is 5.60. The van der Waals surface area contributed by atoms with Crippen LogP contribution in [-0.4, -0.2) is 19.6 Å². The highest BCUT2D eigenvalue weighted by Gasteiger charge is 2.17. The van der Waals surface area contributed by atoms with Crippen LogP contribution in [0.25, 0.3) is 0 Å². The number of nitrogens with one attached hydrogen (secondary N) is 1. The molecule has 0 aromatic heterocycles. The van der Waals surface area contributed by atoms with E-state index in [9.17, 15) is 0 Å². The summed E-state index contributed by atoms with van der Waals surface area (Å²) >= 11 is 5.65. The molecule has 3 heteroatoms. The Morgan fingerprint density at radius 1 is 1.45 bits per heavy atom. The molecule has 0 saturated heterocycles. The smallest absolute Gasteiger partial charge is 0.0401 e. The Bertz CT molecular complexity index is 456. The van der Waals surface area contributed by atoms with Gasteiger partial charge in [-0.25, -0.2) is 0 Å². The van der Waals surface area contributed by atoms with E-state index >= 15 is 0 Å². The summed E-state index contributed by atoms with van der Waals surface area (Å²) in [5.74, 6) is 0. The minimum Gasteiger partial charge on any atom is -0.368 e. The van der Waals surface area contributed by atoms with Gasteiger partial charge in [0.2, 0.25) is 0 Å². The first-order valence-electron chi connectivity index (χ1n) is 7.62. The fourth-order valence-corrected chi connectivity index (χ4v) is 2.88. The third kappa shape index (κ3) is 3.77. The molecule has 0 amide bonds. The molecule has 1 heterocycles. The van der Waals surface area contributed by atoms with Gasteiger partial charge in [0, 0.05) is 30.4 Å². The van der Waals surface area contributed by atoms with Gasteiger partial charge in [-0.05, 0) is 49.9 Å². The van der Waals surface area contributed by atoms with Crippen LogP contribution in [0.3, 0.4) is 0 Å². The van der Waals surface area contributed by atoms with Crippen LogP contribution < -0.4 is 10.2 Å². The Balaban J connectivity index is 2.14. The molecule has 2 rings (SSSR count). The van der Waals surface area contributed by atoms with Gasteiger partial charge in [-0.1, -0.05) is 36.7 Å². The molecule has 0 fully saturated rings. The monoisotopic (exact) mass is 292 g/mol. The highest BCUT2D eigenvalue weighted by atomic mass is 35.5. The average molecular weight is 293 g/mol. The van der Waals surface area contributed by atoms with Crippen LogP contribution in [-0.2, 0) is 6.42 Å². The number of fused-ring (bicyclic) bond motifs is 1. The number of anilines is 1. The zero-order valence-electron chi connectivity index (χ0n) is 12.5. The lowest BCUT2D eigenvalue weighted by Crippen LogP contribution is -2.29. The molecule has 1 unspecified atom stereocenters. The van der Waals surface area contributed by atoms with Gasteiger partial charge in [0.05, 0.1) is 0 Å². The van der Waals surface area contributed by atoms with Gasteiger partial charge in [0.15, 0.2) is 0 Å². The van der Waals surface area contributed by atoms with Gasteiger partial charge in [-0.3, -0.25) is 0 Å². The number of hydrogen-bond donors (Lipinski definition) is 1. The maximum absolute atomic E-state index is 5.65. The minimum atomic E-state index is 0.429. The zero-order chi connectivity index (χ0) is 14.4. The number of benzene rings is 1. The maximum atomic E-state index is 5.65. The van der Waals surface area contributed by atoms with Crippen molar-refractivity contribution >= 4 is 17.3 Å². The van der Waals surface area contributed by atoms with Crippen molar-refractivity contribution in [1.82, 2.24) is 5.32 Å². The molecule has 2 nitrogen and oxygen atoms in total. The summed E-state index contributed by atoms with van der Waals surface area (Å²) in [6, 6.07) is 7.34. The number of halogens is 1. The number of rotatable bonds is 6. The minimum absolute atomic E-state index is 0.429. The van der Waals surface area contributed by atoms with Gasteiger partial charge in [0.25, 0.3) is 0 Å². The predicted octanol–water partition coefficient (Wildman–Crippen LogP) is 4.25. The molecule has 1 atom stereocenters. The average Bonchev–Trinajstić information content (AvgIpc) is 2.49. The van der Waals surface area contributed by atoms with Crippen LogP contribution in [0.2, 0.25) is 0 Å². The van der Waals surface area contributed by atoms with Crippen molar-refractivity contribution in [2.24, 2.45) is 0 Å². The molecule has 110 valence electrons. The van der Waals surface area contributed by atoms with Crippen molar-refractivity contribution in [1.29, 1.82) is 0 Å². The highest BCUT2D eigenvalue weighted by molar-refractivity contribution is 6.25. The van der Waals surface area contributed by atoms with Crippen LogP contribution in [0.4, 0.5) is 5.69 Å². The van der Waals surface area contributed by atoms with Gasteiger partial charge >= 0.3 is 0 Å². The van der Waals surface area contributed by atoms with Crippen LogP contribution >= 0.6 is 11.6 Å². The van der Waals surface area contributed by atoms with Crippen LogP contribution in [0.1, 0.15) is 43.9 Å². The summed E-state index contributed by atoms with van der Waals surface area (Å²) in [4.78, 5) is 2.41. The first-order chi connectivity index (χ1) is 9.76. The van der Waals surface area contributed by atoms with Crippen LogP contribution in [0.5, 0.6) is 0 Å². The molecule has 0 saturated carbocycles. The lowest BCUT2D eigenvalue weighted by atomic mass is 9.96. The molecule has 1 aromatic rings. The molecular weight excluding hydrogens is 268 g/mol. The summed E-state index contributed by atoms with van der Waals surface area (Å²) in [5, 5.41) is 3.56. The Morgan fingerprint density at radius 3 is 3.05 bits per heavy atom. The SMILES string of the molecule is CCCNC(C)c1ccc2c(c1)CCCN2C/C=C/Cl. The molecule has 0 radical (unpaired) electrons. The molecule has 1 N–H and O–H groups in total. The lowest BCUT2D eigenvalue weighted by molar-refractivity contribution is 0.569. The van der Waals surface area contributed by atoms with E-state index in [1.807, 2.05) is 6.08 Å². The Morgan fingerprint density at radius 2 is 2.30 bits per heavy atom. The fourth-order valence-electron chi connectivity index (χ4n) is 2.80. The van der Waals surface area contributed by atoms with Crippen molar-refractivity contribution in [2.75, 3.05) is 24.5 Å². The van der Waals surface area contributed by atoms with E-state index in [4.69, 9.17) is 11.6 Å². The predicted molar refractivity (Wildman–Crippen MR) is 88.7 cm³/mol. The standard InChI is InChI=1S/C17H25ClN2/c1-3-10-19-14(2)15-7-8-17-16(13-15)6-4-11-20(17)12-5-9-18/h5,7-9,13-14,19H,3-4,6,10-12H2,1-2H3/b9-5+. The lowest BCUT2D eigenvalue weighted by Gasteiger charge is -2.31. The van der Waals surface area contributed by atoms with Crippen LogP contribution in [0.15, 0.2) is 29.8 Å². The summed E-state index contributed by atoms with van der Waals surface area (Å²) in [7, 11) is 0. The van der Waals surface area contributed by atoms with Crippen molar-refractivity contribution in [3.63, 3.8) is 0 Å². The second kappa shape index (κ2) is 7.70. The molecule has 0 aliphatic carbocycles. The van der Waals surface area contributed by atoms with Gasteiger partial charge < -0.3 is 10.2 Å². The van der Waals surface area contributed by atoms with Crippen molar-refractivity contribution in [3.8, 4) is 0 Å². The number of nitrogens with zero attached hydrogens (tertiary/aromatic N) is 1. The van der Waals surface area contributed by atoms with Gasteiger partial charge in [0.1, 0.15) is 0 Å². The topological polar surface area (TPSA) is 15.3 Å². The Kier molecular flexibility index (Phi) is 5.93. The van der Waals surface area contributed by atoms with E-state index in [1.165, 1.54) is 36.1 Å². The summed E-state index contributed by atoms with van der Waals surface area (Å²) in [5.41, 5.74) is 5.85. The third-order valence-corrected chi connectivity index (χ3v) is 4.11. The van der Waals surface area contributed by atoms with Crippen molar-refractivity contribution in [2.45, 2.75) is 39.2 Å². The highest BCUT2D eigenvalue weighted by Crippen LogP contribution is 2.29. The first-order valence-corrected chi connectivity index (χ1v) is 8.06. The first kappa shape index (κ1) is 15.4. The Hall–Kier alpha value is -0.990. The molecule has 1 aliphatic heterocycles. The third-order valence-electron chi connectivity index (χ3n) is 3.93. The maximum Gasteiger partial charge on any atom is 0.0401 e. The van der Waals surface area contributed by atoms with E-state index in [-0.39, 0.29) is 0 Å². The number of hydrogen-bond acceptors (Lipinski definition) is 2. The molecule has 20 heavy (non-hydrogen) atoms. The van der Waals surface area contributed by atoms with Crippen LogP contribution in [0, 0.1) is 0 Å². The van der Waals surface area contributed by atoms with Gasteiger partial charge in [-0.2, -0.15) is 0 Å². The Labute approximate surface area is 127 Å². The molecule has 0 bridgehead atoms. The zero-order valence-corrected chi connectivity index (χ0v) is 13.3.